The van der Waals surface area contributed by atoms with Crippen molar-refractivity contribution >= 4 is 11.0 Å². The van der Waals surface area contributed by atoms with Gasteiger partial charge in [0.1, 0.15) is 11.3 Å². The molecule has 1 aromatic carbocycles. The molecular weight excluding hydrogens is 274 g/mol. The molecule has 22 heavy (non-hydrogen) atoms. The van der Waals surface area contributed by atoms with Crippen LogP contribution in [0, 0.1) is 0 Å². The van der Waals surface area contributed by atoms with Gasteiger partial charge in [-0.15, -0.1) is 0 Å². The van der Waals surface area contributed by atoms with Gasteiger partial charge < -0.3 is 14.5 Å². The quantitative estimate of drug-likeness (QED) is 0.550. The fourth-order valence-electron chi connectivity index (χ4n) is 2.69. The zero-order valence-corrected chi connectivity index (χ0v) is 13.8. The van der Waals surface area contributed by atoms with Crippen molar-refractivity contribution in [1.29, 1.82) is 0 Å². The van der Waals surface area contributed by atoms with Crippen LogP contribution in [0.1, 0.15) is 51.4 Å². The van der Waals surface area contributed by atoms with Gasteiger partial charge in [-0.25, -0.2) is 0 Å². The third-order valence-electron chi connectivity index (χ3n) is 4.01. The van der Waals surface area contributed by atoms with Gasteiger partial charge in [0.05, 0.1) is 12.9 Å². The molecule has 0 bridgehead atoms. The topological polar surface area (TPSA) is 34.4 Å². The predicted molar refractivity (Wildman–Crippen MR) is 92.6 cm³/mol. The maximum absolute atomic E-state index is 5.81. The molecule has 0 amide bonds. The second-order valence-corrected chi connectivity index (χ2v) is 5.90. The summed E-state index contributed by atoms with van der Waals surface area (Å²) < 4.78 is 11.1. The van der Waals surface area contributed by atoms with Crippen LogP contribution in [0.4, 0.5) is 0 Å². The smallest absolute Gasteiger partial charge is 0.134 e. The number of benzene rings is 1. The number of nitrogens with one attached hydrogen (secondary N) is 1. The van der Waals surface area contributed by atoms with Crippen LogP contribution in [0.3, 0.4) is 0 Å². The lowest BCUT2D eigenvalue weighted by atomic mass is 10.1. The molecular formula is C19H29NO2. The Kier molecular flexibility index (Phi) is 7.89. The zero-order chi connectivity index (χ0) is 15.5. The molecule has 2 aromatic rings. The Balaban J connectivity index is 1.45. The van der Waals surface area contributed by atoms with E-state index < -0.39 is 0 Å². The van der Waals surface area contributed by atoms with Crippen LogP contribution < -0.4 is 10.1 Å². The Labute approximate surface area is 134 Å². The van der Waals surface area contributed by atoms with Crippen molar-refractivity contribution in [1.82, 2.24) is 5.32 Å². The van der Waals surface area contributed by atoms with Gasteiger partial charge in [-0.05, 0) is 50.7 Å². The minimum absolute atomic E-state index is 0.811. The van der Waals surface area contributed by atoms with E-state index in [0.717, 1.165) is 36.3 Å². The predicted octanol–water partition coefficient (Wildman–Crippen LogP) is 5.15. The molecule has 0 atom stereocenters. The van der Waals surface area contributed by atoms with E-state index in [-0.39, 0.29) is 0 Å². The van der Waals surface area contributed by atoms with Crippen molar-refractivity contribution in [3.63, 3.8) is 0 Å². The SMILES string of the molecule is CNCCCCCCCCCCOc1ccc2occc2c1. The molecule has 3 heteroatoms. The second kappa shape index (κ2) is 10.3. The Morgan fingerprint density at radius 3 is 2.41 bits per heavy atom. The number of hydrogen-bond donors (Lipinski definition) is 1. The summed E-state index contributed by atoms with van der Waals surface area (Å²) in [5.41, 5.74) is 0.919. The molecule has 0 spiro atoms. The lowest BCUT2D eigenvalue weighted by molar-refractivity contribution is 0.304. The van der Waals surface area contributed by atoms with E-state index in [1.54, 1.807) is 6.26 Å². The fourth-order valence-corrected chi connectivity index (χ4v) is 2.69. The maximum Gasteiger partial charge on any atom is 0.134 e. The van der Waals surface area contributed by atoms with E-state index in [0.29, 0.717) is 0 Å². The van der Waals surface area contributed by atoms with Gasteiger partial charge in [-0.3, -0.25) is 0 Å². The summed E-state index contributed by atoms with van der Waals surface area (Å²) in [5, 5.41) is 4.30. The van der Waals surface area contributed by atoms with Gasteiger partial charge in [-0.2, -0.15) is 0 Å². The minimum atomic E-state index is 0.811. The molecule has 1 heterocycles. The van der Waals surface area contributed by atoms with Crippen LogP contribution >= 0.6 is 0 Å². The summed E-state index contributed by atoms with van der Waals surface area (Å²) in [5.74, 6) is 0.943. The number of hydrogen-bond acceptors (Lipinski definition) is 3. The van der Waals surface area contributed by atoms with E-state index in [4.69, 9.17) is 9.15 Å². The molecule has 0 saturated heterocycles. The summed E-state index contributed by atoms with van der Waals surface area (Å²) in [6.45, 7) is 1.97. The second-order valence-electron chi connectivity index (χ2n) is 5.90. The van der Waals surface area contributed by atoms with Crippen molar-refractivity contribution in [2.45, 2.75) is 51.4 Å². The average Bonchev–Trinajstić information content (AvgIpc) is 3.00. The number of unbranched alkanes of at least 4 members (excludes halogenated alkanes) is 7. The monoisotopic (exact) mass is 303 g/mol. The van der Waals surface area contributed by atoms with Gasteiger partial charge in [0.25, 0.3) is 0 Å². The highest BCUT2D eigenvalue weighted by molar-refractivity contribution is 5.78. The van der Waals surface area contributed by atoms with Gasteiger partial charge in [-0.1, -0.05) is 38.5 Å². The van der Waals surface area contributed by atoms with E-state index in [9.17, 15) is 0 Å². The van der Waals surface area contributed by atoms with Gasteiger partial charge in [0.15, 0.2) is 0 Å². The molecule has 0 saturated carbocycles. The van der Waals surface area contributed by atoms with Crippen LogP contribution in [0.25, 0.3) is 11.0 Å². The fraction of sp³-hybridized carbons (Fsp3) is 0.579. The largest absolute Gasteiger partial charge is 0.494 e. The highest BCUT2D eigenvalue weighted by Gasteiger charge is 1.99. The summed E-state index contributed by atoms with van der Waals surface area (Å²) in [4.78, 5) is 0. The molecule has 122 valence electrons. The van der Waals surface area contributed by atoms with Crippen LogP contribution in [-0.2, 0) is 0 Å². The van der Waals surface area contributed by atoms with Crippen LogP contribution in [0.15, 0.2) is 34.9 Å². The van der Waals surface area contributed by atoms with Gasteiger partial charge in [0.2, 0.25) is 0 Å². The lowest BCUT2D eigenvalue weighted by Gasteiger charge is -2.06. The van der Waals surface area contributed by atoms with Crippen molar-refractivity contribution in [2.24, 2.45) is 0 Å². The van der Waals surface area contributed by atoms with Crippen molar-refractivity contribution in [2.75, 3.05) is 20.2 Å². The molecule has 0 aliphatic carbocycles. The van der Waals surface area contributed by atoms with Crippen LogP contribution in [-0.4, -0.2) is 20.2 Å². The summed E-state index contributed by atoms with van der Waals surface area (Å²) >= 11 is 0. The zero-order valence-electron chi connectivity index (χ0n) is 13.8. The van der Waals surface area contributed by atoms with E-state index >= 15 is 0 Å². The van der Waals surface area contributed by atoms with Gasteiger partial charge >= 0.3 is 0 Å². The molecule has 0 radical (unpaired) electrons. The minimum Gasteiger partial charge on any atom is -0.494 e. The Morgan fingerprint density at radius 1 is 0.909 bits per heavy atom. The molecule has 0 unspecified atom stereocenters. The molecule has 1 N–H and O–H groups in total. The number of rotatable bonds is 12. The Hall–Kier alpha value is -1.48. The first-order valence-corrected chi connectivity index (χ1v) is 8.65. The third kappa shape index (κ3) is 6.10. The number of ether oxygens (including phenoxy) is 1. The Bertz CT molecular complexity index is 521. The summed E-state index contributed by atoms with van der Waals surface area (Å²) in [6.07, 6.45) is 12.2. The standard InChI is InChI=1S/C19H29NO2/c1-20-13-8-6-4-2-3-5-7-9-14-21-18-10-11-19-17(16-18)12-15-22-19/h10-12,15-16,20H,2-9,13-14H2,1H3. The normalized spacial score (nSPS) is 11.1. The highest BCUT2D eigenvalue weighted by atomic mass is 16.5. The maximum atomic E-state index is 5.81. The first kappa shape index (κ1) is 16.9. The first-order chi connectivity index (χ1) is 10.9. The van der Waals surface area contributed by atoms with Crippen molar-refractivity contribution in [3.05, 3.63) is 30.5 Å². The molecule has 1 aromatic heterocycles. The molecule has 3 nitrogen and oxygen atoms in total. The van der Waals surface area contributed by atoms with E-state index in [1.165, 1.54) is 44.9 Å². The third-order valence-corrected chi connectivity index (χ3v) is 4.01. The van der Waals surface area contributed by atoms with Gasteiger partial charge in [0, 0.05) is 5.39 Å². The molecule has 0 aliphatic rings. The van der Waals surface area contributed by atoms with Crippen molar-refractivity contribution in [3.8, 4) is 5.75 Å². The molecule has 0 aliphatic heterocycles. The molecule has 2 rings (SSSR count). The molecule has 0 fully saturated rings. The highest BCUT2D eigenvalue weighted by Crippen LogP contribution is 2.21. The van der Waals surface area contributed by atoms with Crippen LogP contribution in [0.2, 0.25) is 0 Å². The average molecular weight is 303 g/mol. The van der Waals surface area contributed by atoms with E-state index in [2.05, 4.69) is 5.32 Å². The van der Waals surface area contributed by atoms with Crippen LogP contribution in [0.5, 0.6) is 5.75 Å². The number of fused-ring (bicyclic) bond motifs is 1. The summed E-state index contributed by atoms with van der Waals surface area (Å²) in [7, 11) is 2.02. The van der Waals surface area contributed by atoms with E-state index in [1.807, 2.05) is 31.3 Å². The summed E-state index contributed by atoms with van der Waals surface area (Å²) in [6, 6.07) is 7.97. The number of furan rings is 1. The van der Waals surface area contributed by atoms with Crippen molar-refractivity contribution < 1.29 is 9.15 Å². The lowest BCUT2D eigenvalue weighted by Crippen LogP contribution is -2.06. The Morgan fingerprint density at radius 2 is 1.64 bits per heavy atom. The first-order valence-electron chi connectivity index (χ1n) is 8.65.